The van der Waals surface area contributed by atoms with Gasteiger partial charge in [-0.05, 0) is 56.7 Å². The molecule has 0 aliphatic carbocycles. The molecule has 1 rings (SSSR count). The van der Waals surface area contributed by atoms with Crippen molar-refractivity contribution in [1.29, 1.82) is 0 Å². The molecular formula is C18H25N3. The van der Waals surface area contributed by atoms with Crippen molar-refractivity contribution in [3.63, 3.8) is 0 Å². The third-order valence-electron chi connectivity index (χ3n) is 3.60. The maximum Gasteiger partial charge on any atom is 0.0764 e. The molecule has 0 spiro atoms. The normalized spacial score (nSPS) is 13.0. The van der Waals surface area contributed by atoms with E-state index in [4.69, 9.17) is 5.73 Å². The molecule has 0 saturated carbocycles. The maximum atomic E-state index is 5.78. The van der Waals surface area contributed by atoms with Gasteiger partial charge in [-0.1, -0.05) is 19.2 Å². The van der Waals surface area contributed by atoms with E-state index in [0.29, 0.717) is 5.70 Å². The number of rotatable bonds is 6. The first-order valence-electron chi connectivity index (χ1n) is 6.91. The number of hydrogen-bond acceptors (Lipinski definition) is 3. The highest BCUT2D eigenvalue weighted by Crippen LogP contribution is 2.30. The molecule has 21 heavy (non-hydrogen) atoms. The molecule has 0 atom stereocenters. The number of allylic oxidation sites excluding steroid dienone is 4. The van der Waals surface area contributed by atoms with Gasteiger partial charge in [0, 0.05) is 24.6 Å². The molecular weight excluding hydrogens is 258 g/mol. The second-order valence-corrected chi connectivity index (χ2v) is 5.54. The molecule has 3 nitrogen and oxygen atoms in total. The Bertz CT molecular complexity index is 565. The number of likely N-dealkylation sites (N-methyl/N-ethyl adjacent to an activating group) is 1. The van der Waals surface area contributed by atoms with Gasteiger partial charge in [-0.15, -0.1) is 0 Å². The Hall–Kier alpha value is -2.29. The largest absolute Gasteiger partial charge is 0.399 e. The van der Waals surface area contributed by atoms with Crippen molar-refractivity contribution >= 4 is 0 Å². The average molecular weight is 283 g/mol. The van der Waals surface area contributed by atoms with E-state index in [1.165, 1.54) is 0 Å². The van der Waals surface area contributed by atoms with Crippen LogP contribution in [-0.2, 0) is 5.54 Å². The van der Waals surface area contributed by atoms with Crippen molar-refractivity contribution in [2.45, 2.75) is 26.3 Å². The van der Waals surface area contributed by atoms with Crippen molar-refractivity contribution in [2.75, 3.05) is 7.05 Å². The summed E-state index contributed by atoms with van der Waals surface area (Å²) in [4.78, 5) is 6.63. The van der Waals surface area contributed by atoms with Crippen LogP contribution in [0.2, 0.25) is 0 Å². The van der Waals surface area contributed by atoms with Crippen LogP contribution in [0.3, 0.4) is 0 Å². The quantitative estimate of drug-likeness (QED) is 0.809. The summed E-state index contributed by atoms with van der Waals surface area (Å²) < 4.78 is 0. The van der Waals surface area contributed by atoms with E-state index >= 15 is 0 Å². The molecule has 0 saturated heterocycles. The van der Waals surface area contributed by atoms with Crippen LogP contribution in [-0.4, -0.2) is 16.9 Å². The summed E-state index contributed by atoms with van der Waals surface area (Å²) in [7, 11) is 2.03. The Kier molecular flexibility index (Phi) is 5.53. The molecule has 0 aromatic carbocycles. The van der Waals surface area contributed by atoms with Crippen molar-refractivity contribution in [1.82, 2.24) is 9.88 Å². The fourth-order valence-electron chi connectivity index (χ4n) is 1.98. The SMILES string of the molecule is C=C/C(N)=C\C=C(\C(=C)C)N(C)C(C)(C)c1ccccn1. The van der Waals surface area contributed by atoms with E-state index in [1.54, 1.807) is 6.08 Å². The fraction of sp³-hybridized carbons (Fsp3) is 0.278. The van der Waals surface area contributed by atoms with Crippen molar-refractivity contribution in [3.8, 4) is 0 Å². The smallest absolute Gasteiger partial charge is 0.0764 e. The molecule has 2 N–H and O–H groups in total. The van der Waals surface area contributed by atoms with E-state index in [2.05, 4.69) is 36.9 Å². The number of pyridine rings is 1. The van der Waals surface area contributed by atoms with E-state index in [-0.39, 0.29) is 5.54 Å². The van der Waals surface area contributed by atoms with Gasteiger partial charge in [0.2, 0.25) is 0 Å². The molecule has 0 aliphatic rings. The van der Waals surface area contributed by atoms with Gasteiger partial charge in [0.15, 0.2) is 0 Å². The molecule has 0 amide bonds. The van der Waals surface area contributed by atoms with Gasteiger partial charge in [0.25, 0.3) is 0 Å². The van der Waals surface area contributed by atoms with Crippen molar-refractivity contribution < 1.29 is 0 Å². The van der Waals surface area contributed by atoms with Gasteiger partial charge in [-0.25, -0.2) is 0 Å². The Morgan fingerprint density at radius 3 is 2.48 bits per heavy atom. The lowest BCUT2D eigenvalue weighted by atomic mass is 9.96. The molecule has 0 radical (unpaired) electrons. The Labute approximate surface area is 128 Å². The highest BCUT2D eigenvalue weighted by atomic mass is 15.2. The molecule has 1 aromatic heterocycles. The Balaban J connectivity index is 3.20. The lowest BCUT2D eigenvalue weighted by Crippen LogP contribution is -2.38. The topological polar surface area (TPSA) is 42.1 Å². The van der Waals surface area contributed by atoms with Gasteiger partial charge in [-0.3, -0.25) is 4.98 Å². The Morgan fingerprint density at radius 2 is 2.00 bits per heavy atom. The molecule has 0 unspecified atom stereocenters. The highest BCUT2D eigenvalue weighted by molar-refractivity contribution is 5.33. The molecule has 0 fully saturated rings. The third-order valence-corrected chi connectivity index (χ3v) is 3.60. The monoisotopic (exact) mass is 283 g/mol. The van der Waals surface area contributed by atoms with E-state index < -0.39 is 0 Å². The number of aromatic nitrogens is 1. The van der Waals surface area contributed by atoms with Crippen LogP contribution in [0.25, 0.3) is 0 Å². The second-order valence-electron chi connectivity index (χ2n) is 5.54. The highest BCUT2D eigenvalue weighted by Gasteiger charge is 2.28. The van der Waals surface area contributed by atoms with Gasteiger partial charge in [-0.2, -0.15) is 0 Å². The summed E-state index contributed by atoms with van der Waals surface area (Å²) in [5.41, 5.74) is 9.12. The summed E-state index contributed by atoms with van der Waals surface area (Å²) in [6.45, 7) is 14.0. The molecule has 1 heterocycles. The zero-order chi connectivity index (χ0) is 16.0. The lowest BCUT2D eigenvalue weighted by Gasteiger charge is -2.38. The van der Waals surface area contributed by atoms with Gasteiger partial charge in [0.1, 0.15) is 0 Å². The van der Waals surface area contributed by atoms with Crippen molar-refractivity contribution in [2.24, 2.45) is 5.73 Å². The molecule has 112 valence electrons. The van der Waals surface area contributed by atoms with Crippen molar-refractivity contribution in [3.05, 3.63) is 78.4 Å². The predicted octanol–water partition coefficient (Wildman–Crippen LogP) is 3.74. The van der Waals surface area contributed by atoms with Gasteiger partial charge < -0.3 is 10.6 Å². The van der Waals surface area contributed by atoms with E-state index in [0.717, 1.165) is 17.0 Å². The Morgan fingerprint density at radius 1 is 1.33 bits per heavy atom. The number of nitrogens with zero attached hydrogens (tertiary/aromatic N) is 2. The summed E-state index contributed by atoms with van der Waals surface area (Å²) >= 11 is 0. The standard InChI is InChI=1S/C18H25N3/c1-7-15(19)11-12-16(14(2)3)21(6)18(4,5)17-10-8-9-13-20-17/h7-13H,1-2,19H2,3-6H3/b15-11+,16-12-. The first-order chi connectivity index (χ1) is 9.80. The average Bonchev–Trinajstić information content (AvgIpc) is 2.47. The minimum atomic E-state index is -0.261. The fourth-order valence-corrected chi connectivity index (χ4v) is 1.98. The zero-order valence-electron chi connectivity index (χ0n) is 13.4. The van der Waals surface area contributed by atoms with E-state index in [1.807, 2.05) is 50.5 Å². The van der Waals surface area contributed by atoms with Gasteiger partial charge in [0.05, 0.1) is 11.2 Å². The summed E-state index contributed by atoms with van der Waals surface area (Å²) in [5, 5.41) is 0. The number of nitrogens with two attached hydrogens (primary N) is 1. The maximum absolute atomic E-state index is 5.78. The second kappa shape index (κ2) is 6.93. The molecule has 0 aliphatic heterocycles. The zero-order valence-corrected chi connectivity index (χ0v) is 13.4. The molecule has 3 heteroatoms. The minimum Gasteiger partial charge on any atom is -0.399 e. The van der Waals surface area contributed by atoms with Crippen LogP contribution < -0.4 is 5.73 Å². The first kappa shape index (κ1) is 16.8. The van der Waals surface area contributed by atoms with Crippen LogP contribution in [0.5, 0.6) is 0 Å². The molecule has 0 bridgehead atoms. The summed E-state index contributed by atoms with van der Waals surface area (Å²) in [6, 6.07) is 5.95. The van der Waals surface area contributed by atoms with Crippen LogP contribution in [0.15, 0.2) is 72.7 Å². The summed E-state index contributed by atoms with van der Waals surface area (Å²) in [6.07, 6.45) is 7.23. The van der Waals surface area contributed by atoms with E-state index in [9.17, 15) is 0 Å². The molecule has 1 aromatic rings. The minimum absolute atomic E-state index is 0.261. The predicted molar refractivity (Wildman–Crippen MR) is 90.4 cm³/mol. The summed E-state index contributed by atoms with van der Waals surface area (Å²) in [5.74, 6) is 0. The van der Waals surface area contributed by atoms with Crippen LogP contribution in [0.1, 0.15) is 26.5 Å². The third kappa shape index (κ3) is 4.09. The van der Waals surface area contributed by atoms with Crippen LogP contribution in [0, 0.1) is 0 Å². The van der Waals surface area contributed by atoms with Crippen LogP contribution >= 0.6 is 0 Å². The van der Waals surface area contributed by atoms with Gasteiger partial charge >= 0.3 is 0 Å². The first-order valence-corrected chi connectivity index (χ1v) is 6.91. The van der Waals surface area contributed by atoms with Crippen LogP contribution in [0.4, 0.5) is 0 Å². The lowest BCUT2D eigenvalue weighted by molar-refractivity contribution is 0.205. The number of hydrogen-bond donors (Lipinski definition) is 1.